The van der Waals surface area contributed by atoms with Gasteiger partial charge in [0, 0.05) is 16.2 Å². The van der Waals surface area contributed by atoms with Crippen LogP contribution in [0, 0.1) is 3.57 Å². The van der Waals surface area contributed by atoms with Crippen molar-refractivity contribution >= 4 is 33.8 Å². The van der Waals surface area contributed by atoms with Crippen molar-refractivity contribution in [3.63, 3.8) is 0 Å². The number of rotatable bonds is 8. The normalized spacial score (nSPS) is 15.0. The van der Waals surface area contributed by atoms with E-state index in [1.807, 2.05) is 48.5 Å². The van der Waals surface area contributed by atoms with Crippen LogP contribution in [0.15, 0.2) is 53.4 Å². The Morgan fingerprint density at radius 2 is 1.83 bits per heavy atom. The minimum absolute atomic E-state index is 0.320. The molecule has 3 unspecified atom stereocenters. The lowest BCUT2D eigenvalue weighted by Gasteiger charge is -2.18. The highest BCUT2D eigenvalue weighted by Gasteiger charge is 2.12. The Kier molecular flexibility index (Phi) is 8.03. The first-order chi connectivity index (χ1) is 11.5. The van der Waals surface area contributed by atoms with E-state index in [0.29, 0.717) is 12.6 Å². The maximum Gasteiger partial charge on any atom is 0.152 e. The number of hydrogen-bond acceptors (Lipinski definition) is 3. The Balaban J connectivity index is 1.77. The predicted octanol–water partition coefficient (Wildman–Crippen LogP) is 3.67. The van der Waals surface area contributed by atoms with Gasteiger partial charge in [-0.1, -0.05) is 30.3 Å². The van der Waals surface area contributed by atoms with Crippen molar-refractivity contribution < 1.29 is 9.66 Å². The van der Waals surface area contributed by atoms with E-state index >= 15 is 0 Å². The molecule has 0 aromatic heterocycles. The van der Waals surface area contributed by atoms with Crippen LogP contribution in [-0.4, -0.2) is 28.5 Å². The molecule has 3 atom stereocenters. The fourth-order valence-corrected chi connectivity index (χ4v) is 3.77. The summed E-state index contributed by atoms with van der Waals surface area (Å²) in [6.45, 7) is 2.69. The fraction of sp³-hybridized carbons (Fsp3) is 0.368. The van der Waals surface area contributed by atoms with Crippen LogP contribution in [0.4, 0.5) is 0 Å². The van der Waals surface area contributed by atoms with Crippen LogP contribution in [0.3, 0.4) is 0 Å². The Labute approximate surface area is 161 Å². The molecular formula is C19H24INO2S. The molecule has 130 valence electrons. The predicted molar refractivity (Wildman–Crippen MR) is 109 cm³/mol. The molecule has 0 aliphatic carbocycles. The second kappa shape index (κ2) is 9.77. The molecule has 0 fully saturated rings. The van der Waals surface area contributed by atoms with Crippen molar-refractivity contribution in [3.8, 4) is 0 Å². The maximum atomic E-state index is 11.4. The first-order valence-electron chi connectivity index (χ1n) is 8.05. The molecule has 3 nitrogen and oxygen atoms in total. The lowest BCUT2D eigenvalue weighted by atomic mass is 10.1. The quantitative estimate of drug-likeness (QED) is 0.470. The monoisotopic (exact) mass is 457 g/mol. The van der Waals surface area contributed by atoms with Gasteiger partial charge in [0.25, 0.3) is 0 Å². The highest BCUT2D eigenvalue weighted by atomic mass is 127. The van der Waals surface area contributed by atoms with Crippen molar-refractivity contribution in [1.82, 2.24) is 5.32 Å². The van der Waals surface area contributed by atoms with Gasteiger partial charge in [0.2, 0.25) is 0 Å². The Morgan fingerprint density at radius 1 is 1.17 bits per heavy atom. The van der Waals surface area contributed by atoms with Gasteiger partial charge in [-0.15, -0.1) is 0 Å². The SMILES string of the molecule is CC(CCc1ccc([S+](C)[O-])cc1)NCC(O)c1ccccc1I. The average molecular weight is 457 g/mol. The molecule has 0 bridgehead atoms. The summed E-state index contributed by atoms with van der Waals surface area (Å²) >= 11 is 1.34. The lowest BCUT2D eigenvalue weighted by Crippen LogP contribution is -2.31. The topological polar surface area (TPSA) is 55.3 Å². The van der Waals surface area contributed by atoms with E-state index in [0.717, 1.165) is 26.9 Å². The largest absolute Gasteiger partial charge is 0.612 e. The first-order valence-corrected chi connectivity index (χ1v) is 10.7. The van der Waals surface area contributed by atoms with E-state index in [1.165, 1.54) is 5.56 Å². The zero-order valence-electron chi connectivity index (χ0n) is 14.0. The van der Waals surface area contributed by atoms with Crippen LogP contribution in [0.25, 0.3) is 0 Å². The molecule has 0 saturated carbocycles. The summed E-state index contributed by atoms with van der Waals surface area (Å²) in [7, 11) is 0. The van der Waals surface area contributed by atoms with Crippen molar-refractivity contribution in [2.24, 2.45) is 0 Å². The third kappa shape index (κ3) is 6.04. The van der Waals surface area contributed by atoms with Crippen LogP contribution in [0.5, 0.6) is 0 Å². The van der Waals surface area contributed by atoms with Crippen molar-refractivity contribution in [1.29, 1.82) is 0 Å². The van der Waals surface area contributed by atoms with Crippen molar-refractivity contribution in [2.45, 2.75) is 36.8 Å². The Bertz CT molecular complexity index is 634. The molecule has 2 aromatic carbocycles. The number of benzene rings is 2. The number of halogens is 1. The van der Waals surface area contributed by atoms with Crippen LogP contribution < -0.4 is 5.32 Å². The van der Waals surface area contributed by atoms with Crippen LogP contribution >= 0.6 is 22.6 Å². The van der Waals surface area contributed by atoms with Gasteiger partial charge in [0.15, 0.2) is 4.90 Å². The van der Waals surface area contributed by atoms with Gasteiger partial charge in [0.05, 0.1) is 6.10 Å². The van der Waals surface area contributed by atoms with Crippen LogP contribution in [-0.2, 0) is 17.6 Å². The summed E-state index contributed by atoms with van der Waals surface area (Å²) in [5.74, 6) is 0. The van der Waals surface area contributed by atoms with Crippen molar-refractivity contribution in [3.05, 3.63) is 63.2 Å². The number of aliphatic hydroxyl groups excluding tert-OH is 1. The highest BCUT2D eigenvalue weighted by Crippen LogP contribution is 2.19. The number of nitrogens with one attached hydrogen (secondary N) is 1. The highest BCUT2D eigenvalue weighted by molar-refractivity contribution is 14.1. The Hall–Kier alpha value is -0.600. The number of aryl methyl sites for hydroxylation is 1. The minimum atomic E-state index is -0.919. The molecule has 0 amide bonds. The Morgan fingerprint density at radius 3 is 2.46 bits per heavy atom. The lowest BCUT2D eigenvalue weighted by molar-refractivity contribution is 0.169. The van der Waals surface area contributed by atoms with E-state index in [9.17, 15) is 9.66 Å². The van der Waals surface area contributed by atoms with Gasteiger partial charge in [0.1, 0.15) is 6.26 Å². The average Bonchev–Trinajstić information content (AvgIpc) is 2.58. The summed E-state index contributed by atoms with van der Waals surface area (Å²) in [4.78, 5) is 0.866. The second-order valence-electron chi connectivity index (χ2n) is 5.98. The minimum Gasteiger partial charge on any atom is -0.612 e. The molecule has 0 radical (unpaired) electrons. The summed E-state index contributed by atoms with van der Waals surface area (Å²) in [6.07, 6.45) is 3.16. The summed E-state index contributed by atoms with van der Waals surface area (Å²) in [6, 6.07) is 16.2. The number of hydrogen-bond donors (Lipinski definition) is 2. The van der Waals surface area contributed by atoms with E-state index < -0.39 is 17.3 Å². The smallest absolute Gasteiger partial charge is 0.152 e. The first kappa shape index (κ1) is 19.7. The molecule has 0 heterocycles. The molecule has 2 aromatic rings. The second-order valence-corrected chi connectivity index (χ2v) is 8.53. The zero-order chi connectivity index (χ0) is 17.5. The van der Waals surface area contributed by atoms with Gasteiger partial charge in [-0.2, -0.15) is 0 Å². The van der Waals surface area contributed by atoms with Crippen LogP contribution in [0.1, 0.15) is 30.6 Å². The van der Waals surface area contributed by atoms with E-state index in [-0.39, 0.29) is 0 Å². The van der Waals surface area contributed by atoms with Gasteiger partial charge >= 0.3 is 0 Å². The molecule has 5 heteroatoms. The fourth-order valence-electron chi connectivity index (χ4n) is 2.50. The van der Waals surface area contributed by atoms with Gasteiger partial charge in [-0.05, 0) is 82.9 Å². The molecule has 0 aliphatic heterocycles. The molecule has 0 spiro atoms. The molecule has 2 rings (SSSR count). The van der Waals surface area contributed by atoms with E-state index in [2.05, 4.69) is 34.8 Å². The van der Waals surface area contributed by atoms with Crippen molar-refractivity contribution in [2.75, 3.05) is 12.8 Å². The third-order valence-electron chi connectivity index (χ3n) is 4.05. The van der Waals surface area contributed by atoms with Gasteiger partial charge < -0.3 is 15.0 Å². The summed E-state index contributed by atoms with van der Waals surface area (Å²) in [5, 5.41) is 13.7. The van der Waals surface area contributed by atoms with Crippen LogP contribution in [0.2, 0.25) is 0 Å². The van der Waals surface area contributed by atoms with E-state index in [1.54, 1.807) is 6.26 Å². The third-order valence-corrected chi connectivity index (χ3v) is 5.96. The number of aliphatic hydroxyl groups is 1. The van der Waals surface area contributed by atoms with Gasteiger partial charge in [-0.3, -0.25) is 0 Å². The zero-order valence-corrected chi connectivity index (χ0v) is 17.0. The van der Waals surface area contributed by atoms with E-state index in [4.69, 9.17) is 0 Å². The molecule has 2 N–H and O–H groups in total. The molecule has 0 aliphatic rings. The summed E-state index contributed by atoms with van der Waals surface area (Å²) in [5.41, 5.74) is 2.22. The molecule has 24 heavy (non-hydrogen) atoms. The standard InChI is InChI=1S/C19H24INO2S/c1-14(7-8-15-9-11-16(12-10-15)24(2)23)21-13-19(22)17-5-3-4-6-18(17)20/h3-6,9-12,14,19,21-22H,7-8,13H2,1-2H3. The maximum absolute atomic E-state index is 11.4. The molecule has 0 saturated heterocycles. The van der Waals surface area contributed by atoms with Gasteiger partial charge in [-0.25, -0.2) is 0 Å². The summed E-state index contributed by atoms with van der Waals surface area (Å²) < 4.78 is 12.5. The molecular weight excluding hydrogens is 433 g/mol.